The van der Waals surface area contributed by atoms with Crippen LogP contribution in [0.25, 0.3) is 22.4 Å². The predicted octanol–water partition coefficient (Wildman–Crippen LogP) is 6.96. The molecule has 4 aromatic rings. The summed E-state index contributed by atoms with van der Waals surface area (Å²) in [6.07, 6.45) is -6.09. The second-order valence-corrected chi connectivity index (χ2v) is 18.4. The molecule has 5 rings (SSSR count). The van der Waals surface area contributed by atoms with Crippen LogP contribution < -0.4 is 32.0 Å². The van der Waals surface area contributed by atoms with Crippen molar-refractivity contribution in [3.63, 3.8) is 0 Å². The van der Waals surface area contributed by atoms with Gasteiger partial charge < -0.3 is 36.9 Å². The van der Waals surface area contributed by atoms with E-state index in [4.69, 9.17) is 26.7 Å². The first-order valence-corrected chi connectivity index (χ1v) is 23.0. The number of alkyl halides is 3. The van der Waals surface area contributed by atoms with E-state index in [1.54, 1.807) is 60.7 Å². The number of ketones is 3. The Hall–Kier alpha value is -6.48. The molecule has 1 aliphatic heterocycles. The maximum absolute atomic E-state index is 14.8. The minimum atomic E-state index is -4.89. The van der Waals surface area contributed by atoms with Crippen molar-refractivity contribution in [2.75, 3.05) is 39.9 Å². The number of aryl methyl sites for hydroxylation is 1. The summed E-state index contributed by atoms with van der Waals surface area (Å²) in [5.41, 5.74) is 18.6. The number of amides is 2. The molecular weight excluding hydrogens is 892 g/mol. The highest BCUT2D eigenvalue weighted by Crippen LogP contribution is 2.42. The van der Waals surface area contributed by atoms with Gasteiger partial charge in [0, 0.05) is 85.6 Å². The number of nitrogens with two attached hydrogens (primary N) is 3. The van der Waals surface area contributed by atoms with Gasteiger partial charge in [0.2, 0.25) is 11.8 Å². The van der Waals surface area contributed by atoms with Gasteiger partial charge in [0.15, 0.2) is 17.3 Å². The molecule has 2 heterocycles. The quantitative estimate of drug-likeness (QED) is 0.0787. The standard InChI is InChI=1S/C52H62F3N7O7/c1-30-24-44(65)48(34-12-16-46(69-23-21-59)39(27-34)38-25-32(9-15-45(38)68-22-20-58)26-41(61-49(30)66)42(63)8-7-18-56)62(6)50(67)35(17-19-57)28-43(64)37-29-40(52(53,54)55)47(60-31(37)2)33-10-13-36(14-11-33)51(3,4)5/h9-16,25,27,29-30,35,41,48H,7-8,17,19-24,26,28,57-59H2,1-6H3,(H,61,66)/t30-,35-,41+,48+/m1/s1. The van der Waals surface area contributed by atoms with Crippen molar-refractivity contribution in [3.05, 3.63) is 100 Å². The molecule has 4 atom stereocenters. The maximum Gasteiger partial charge on any atom is 0.418 e. The van der Waals surface area contributed by atoms with Crippen molar-refractivity contribution >= 4 is 29.2 Å². The number of hydrogen-bond acceptors (Lipinski definition) is 12. The van der Waals surface area contributed by atoms with Gasteiger partial charge in [-0.3, -0.25) is 29.0 Å². The molecule has 69 heavy (non-hydrogen) atoms. The van der Waals surface area contributed by atoms with Crippen LogP contribution in [0.5, 0.6) is 11.5 Å². The van der Waals surface area contributed by atoms with E-state index in [1.165, 1.54) is 25.8 Å². The highest BCUT2D eigenvalue weighted by atomic mass is 19.4. The summed E-state index contributed by atoms with van der Waals surface area (Å²) in [5.74, 6) is -4.56. The molecule has 368 valence electrons. The number of ether oxygens (including phenoxy) is 2. The lowest BCUT2D eigenvalue weighted by Gasteiger charge is -2.32. The number of fused-ring (bicyclic) bond motifs is 5. The third-order valence-corrected chi connectivity index (χ3v) is 12.2. The molecular formula is C52H62F3N7O7. The second-order valence-electron chi connectivity index (χ2n) is 18.4. The molecule has 0 aliphatic carbocycles. The fraction of sp³-hybridized carbons (Fsp3) is 0.442. The summed E-state index contributed by atoms with van der Waals surface area (Å²) in [5, 5.41) is 12.0. The lowest BCUT2D eigenvalue weighted by Crippen LogP contribution is -2.46. The van der Waals surface area contributed by atoms with Gasteiger partial charge in [-0.2, -0.15) is 18.4 Å². The molecule has 14 nitrogen and oxygen atoms in total. The zero-order valence-electron chi connectivity index (χ0n) is 40.0. The van der Waals surface area contributed by atoms with Gasteiger partial charge in [-0.1, -0.05) is 64.1 Å². The SMILES string of the molecule is Cc1nc(-c2ccc(C(C)(C)C)cc2)c(C(F)(F)F)cc1C(=O)C[C@@H](CCN)C(=O)N(C)[C@@H]1C(=O)C[C@@H](C)C(=O)N[C@H](C(=O)CCC#N)Cc2ccc(OCCN)c(c2)-c2cc1ccc2OCCN. The van der Waals surface area contributed by atoms with Crippen LogP contribution >= 0.6 is 0 Å². The zero-order chi connectivity index (χ0) is 50.8. The van der Waals surface area contributed by atoms with Crippen molar-refractivity contribution in [1.29, 1.82) is 5.26 Å². The summed E-state index contributed by atoms with van der Waals surface area (Å²) >= 11 is 0. The number of nitrogens with zero attached hydrogens (tertiary/aromatic N) is 3. The van der Waals surface area contributed by atoms with E-state index in [-0.39, 0.29) is 92.2 Å². The van der Waals surface area contributed by atoms with Crippen molar-refractivity contribution < 1.29 is 46.6 Å². The third kappa shape index (κ3) is 13.2. The monoisotopic (exact) mass is 953 g/mol. The Morgan fingerprint density at radius 1 is 0.899 bits per heavy atom. The lowest BCUT2D eigenvalue weighted by molar-refractivity contribution is -0.142. The Bertz CT molecular complexity index is 2570. The molecule has 0 unspecified atom stereocenters. The number of Topliss-reactive ketones (excluding diaryl/α,β-unsaturated/α-hetero) is 3. The molecule has 17 heteroatoms. The van der Waals surface area contributed by atoms with Crippen LogP contribution in [0.1, 0.15) is 104 Å². The van der Waals surface area contributed by atoms with E-state index in [1.807, 2.05) is 26.8 Å². The van der Waals surface area contributed by atoms with Crippen molar-refractivity contribution in [1.82, 2.24) is 15.2 Å². The molecule has 1 aromatic heterocycles. The number of nitrogens with one attached hydrogen (secondary N) is 1. The van der Waals surface area contributed by atoms with Crippen molar-refractivity contribution in [3.8, 4) is 40.0 Å². The molecule has 0 radical (unpaired) electrons. The van der Waals surface area contributed by atoms with E-state index >= 15 is 0 Å². The van der Waals surface area contributed by atoms with Crippen LogP contribution in [-0.2, 0) is 37.2 Å². The van der Waals surface area contributed by atoms with Crippen LogP contribution in [0.15, 0.2) is 66.7 Å². The van der Waals surface area contributed by atoms with Gasteiger partial charge in [0.25, 0.3) is 0 Å². The number of carbonyl (C=O) groups is 5. The number of nitriles is 1. The Morgan fingerprint density at radius 3 is 2.10 bits per heavy atom. The number of carbonyl (C=O) groups excluding carboxylic acids is 5. The number of hydrogen-bond donors (Lipinski definition) is 4. The Labute approximate surface area is 401 Å². The minimum Gasteiger partial charge on any atom is -0.492 e. The first-order chi connectivity index (χ1) is 32.6. The largest absolute Gasteiger partial charge is 0.492 e. The highest BCUT2D eigenvalue weighted by molar-refractivity contribution is 6.01. The number of pyridine rings is 1. The van der Waals surface area contributed by atoms with Gasteiger partial charge >= 0.3 is 6.18 Å². The third-order valence-electron chi connectivity index (χ3n) is 12.2. The number of rotatable bonds is 17. The minimum absolute atomic E-state index is 0.0287. The first kappa shape index (κ1) is 53.5. The molecule has 7 N–H and O–H groups in total. The number of aromatic nitrogens is 1. The smallest absolute Gasteiger partial charge is 0.418 e. The van der Waals surface area contributed by atoms with E-state index in [9.17, 15) is 42.4 Å². The lowest BCUT2D eigenvalue weighted by atomic mass is 9.86. The van der Waals surface area contributed by atoms with Gasteiger partial charge in [-0.05, 0) is 78.7 Å². The van der Waals surface area contributed by atoms with Gasteiger partial charge in [-0.25, -0.2) is 0 Å². The zero-order valence-corrected chi connectivity index (χ0v) is 40.0. The molecule has 0 saturated carbocycles. The van der Waals surface area contributed by atoms with E-state index < -0.39 is 71.9 Å². The van der Waals surface area contributed by atoms with Crippen LogP contribution in [0.4, 0.5) is 13.2 Å². The van der Waals surface area contributed by atoms with Gasteiger partial charge in [0.1, 0.15) is 30.8 Å². The van der Waals surface area contributed by atoms with Gasteiger partial charge in [-0.15, -0.1) is 0 Å². The number of halogens is 3. The number of benzene rings is 3. The number of likely N-dealkylation sites (N-methyl/N-ethyl adjacent to an activating group) is 1. The van der Waals surface area contributed by atoms with Crippen LogP contribution in [0, 0.1) is 30.1 Å². The molecule has 0 saturated heterocycles. The second kappa shape index (κ2) is 23.2. The molecule has 1 aliphatic rings. The molecule has 2 amide bonds. The average Bonchev–Trinajstić information content (AvgIpc) is 3.30. The van der Waals surface area contributed by atoms with Crippen LogP contribution in [-0.4, -0.2) is 85.0 Å². The van der Waals surface area contributed by atoms with Crippen LogP contribution in [0.2, 0.25) is 0 Å². The Kier molecular flexibility index (Phi) is 18.0. The molecule has 4 bridgehead atoms. The van der Waals surface area contributed by atoms with E-state index in [0.29, 0.717) is 33.8 Å². The van der Waals surface area contributed by atoms with Crippen molar-refractivity contribution in [2.45, 2.75) is 96.8 Å². The van der Waals surface area contributed by atoms with Gasteiger partial charge in [0.05, 0.1) is 23.4 Å². The maximum atomic E-state index is 14.8. The average molecular weight is 954 g/mol. The molecule has 0 spiro atoms. The topological polar surface area (TPSA) is 234 Å². The fourth-order valence-corrected chi connectivity index (χ4v) is 8.43. The summed E-state index contributed by atoms with van der Waals surface area (Å²) in [7, 11) is 1.37. The summed E-state index contributed by atoms with van der Waals surface area (Å²) < 4.78 is 56.5. The molecule has 3 aromatic carbocycles. The first-order valence-electron chi connectivity index (χ1n) is 23.0. The van der Waals surface area contributed by atoms with Crippen molar-refractivity contribution in [2.24, 2.45) is 29.0 Å². The van der Waals surface area contributed by atoms with E-state index in [0.717, 1.165) is 11.6 Å². The summed E-state index contributed by atoms with van der Waals surface area (Å²) in [6.45, 7) is 9.36. The van der Waals surface area contributed by atoms with Crippen LogP contribution in [0.3, 0.4) is 0 Å². The predicted molar refractivity (Wildman–Crippen MR) is 255 cm³/mol. The van der Waals surface area contributed by atoms with E-state index in [2.05, 4.69) is 10.3 Å². The summed E-state index contributed by atoms with van der Waals surface area (Å²) in [6, 6.07) is 17.0. The Morgan fingerprint density at radius 2 is 1.52 bits per heavy atom. The Balaban J connectivity index is 1.60. The highest BCUT2D eigenvalue weighted by Gasteiger charge is 2.39. The fourth-order valence-electron chi connectivity index (χ4n) is 8.43. The summed E-state index contributed by atoms with van der Waals surface area (Å²) in [4.78, 5) is 76.5. The normalized spacial score (nSPS) is 16.9. The molecule has 0 fully saturated rings.